The number of carbonyl (C=O) groups is 1. The summed E-state index contributed by atoms with van der Waals surface area (Å²) in [7, 11) is 0. The monoisotopic (exact) mass is 426 g/mol. The third-order valence-electron chi connectivity index (χ3n) is 5.13. The van der Waals surface area contributed by atoms with Gasteiger partial charge in [-0.1, -0.05) is 29.8 Å². The third-order valence-corrected chi connectivity index (χ3v) is 5.46. The van der Waals surface area contributed by atoms with Crippen molar-refractivity contribution in [2.75, 3.05) is 31.1 Å². The Labute approximate surface area is 178 Å². The fraction of sp³-hybridized carbons (Fsp3) is 0.227. The SMILES string of the molecule is O=C(Cn1nc(-c2ccccc2Cl)ccc1=O)N1CCN(c2ccc(F)cc2)CC1. The highest BCUT2D eigenvalue weighted by Crippen LogP contribution is 2.25. The van der Waals surface area contributed by atoms with Crippen molar-refractivity contribution in [2.24, 2.45) is 0 Å². The zero-order valence-corrected chi connectivity index (χ0v) is 16.9. The Balaban J connectivity index is 1.43. The lowest BCUT2D eigenvalue weighted by Gasteiger charge is -2.36. The number of aromatic nitrogens is 2. The highest BCUT2D eigenvalue weighted by Gasteiger charge is 2.22. The standard InChI is InChI=1S/C22H20ClFN4O2/c23-19-4-2-1-3-18(19)20-9-10-21(29)28(25-20)15-22(30)27-13-11-26(12-14-27)17-7-5-16(24)6-8-17/h1-10H,11-15H2. The molecule has 0 spiro atoms. The first kappa shape index (κ1) is 20.1. The van der Waals surface area contributed by atoms with Crippen molar-refractivity contribution in [3.63, 3.8) is 0 Å². The summed E-state index contributed by atoms with van der Waals surface area (Å²) in [6.07, 6.45) is 0. The van der Waals surface area contributed by atoms with Crippen LogP contribution < -0.4 is 10.5 Å². The molecule has 0 saturated carbocycles. The summed E-state index contributed by atoms with van der Waals surface area (Å²) in [6, 6.07) is 16.5. The molecular weight excluding hydrogens is 407 g/mol. The number of nitrogens with zero attached hydrogens (tertiary/aromatic N) is 4. The van der Waals surface area contributed by atoms with Crippen LogP contribution in [-0.2, 0) is 11.3 Å². The molecule has 0 atom stereocenters. The summed E-state index contributed by atoms with van der Waals surface area (Å²) in [6.45, 7) is 2.19. The van der Waals surface area contributed by atoms with Gasteiger partial charge < -0.3 is 9.80 Å². The molecule has 1 aromatic heterocycles. The molecule has 0 aliphatic carbocycles. The highest BCUT2D eigenvalue weighted by atomic mass is 35.5. The van der Waals surface area contributed by atoms with Gasteiger partial charge in [0.05, 0.1) is 10.7 Å². The normalized spacial score (nSPS) is 14.1. The minimum Gasteiger partial charge on any atom is -0.368 e. The lowest BCUT2D eigenvalue weighted by Crippen LogP contribution is -2.50. The zero-order valence-electron chi connectivity index (χ0n) is 16.2. The van der Waals surface area contributed by atoms with Crippen LogP contribution >= 0.6 is 11.6 Å². The van der Waals surface area contributed by atoms with Crippen molar-refractivity contribution >= 4 is 23.2 Å². The van der Waals surface area contributed by atoms with Crippen molar-refractivity contribution in [3.8, 4) is 11.3 Å². The van der Waals surface area contributed by atoms with E-state index in [4.69, 9.17) is 11.6 Å². The first-order valence-corrected chi connectivity index (χ1v) is 10.0. The second kappa shape index (κ2) is 8.67. The predicted octanol–water partition coefficient (Wildman–Crippen LogP) is 3.05. The van der Waals surface area contributed by atoms with Crippen LogP contribution in [0, 0.1) is 5.82 Å². The van der Waals surface area contributed by atoms with Crippen molar-refractivity contribution in [1.29, 1.82) is 0 Å². The number of amides is 1. The lowest BCUT2D eigenvalue weighted by atomic mass is 10.1. The third kappa shape index (κ3) is 4.36. The van der Waals surface area contributed by atoms with E-state index in [0.717, 1.165) is 5.69 Å². The summed E-state index contributed by atoms with van der Waals surface area (Å²) in [4.78, 5) is 28.8. The highest BCUT2D eigenvalue weighted by molar-refractivity contribution is 6.33. The van der Waals surface area contributed by atoms with Crippen LogP contribution in [0.15, 0.2) is 65.5 Å². The van der Waals surface area contributed by atoms with E-state index in [1.807, 2.05) is 18.2 Å². The van der Waals surface area contributed by atoms with E-state index in [1.54, 1.807) is 29.2 Å². The van der Waals surface area contributed by atoms with E-state index in [1.165, 1.54) is 22.9 Å². The largest absolute Gasteiger partial charge is 0.368 e. The second-order valence-electron chi connectivity index (χ2n) is 7.04. The Morgan fingerprint density at radius 3 is 2.37 bits per heavy atom. The molecular formula is C22H20ClFN4O2. The predicted molar refractivity (Wildman–Crippen MR) is 114 cm³/mol. The summed E-state index contributed by atoms with van der Waals surface area (Å²) < 4.78 is 14.3. The van der Waals surface area contributed by atoms with Gasteiger partial charge in [0.2, 0.25) is 5.91 Å². The van der Waals surface area contributed by atoms with E-state index >= 15 is 0 Å². The van der Waals surface area contributed by atoms with Crippen LogP contribution in [0.25, 0.3) is 11.3 Å². The van der Waals surface area contributed by atoms with Gasteiger partial charge in [-0.15, -0.1) is 0 Å². The average molecular weight is 427 g/mol. The van der Waals surface area contributed by atoms with Crippen LogP contribution in [0.2, 0.25) is 5.02 Å². The van der Waals surface area contributed by atoms with E-state index in [9.17, 15) is 14.0 Å². The Morgan fingerprint density at radius 2 is 1.67 bits per heavy atom. The molecule has 0 unspecified atom stereocenters. The second-order valence-corrected chi connectivity index (χ2v) is 7.45. The maximum atomic E-state index is 13.1. The first-order chi connectivity index (χ1) is 14.5. The van der Waals surface area contributed by atoms with Gasteiger partial charge in [0.25, 0.3) is 5.56 Å². The summed E-state index contributed by atoms with van der Waals surface area (Å²) in [5.74, 6) is -0.441. The van der Waals surface area contributed by atoms with Gasteiger partial charge in [0.15, 0.2) is 0 Å². The van der Waals surface area contributed by atoms with Crippen LogP contribution in [0.3, 0.4) is 0 Å². The van der Waals surface area contributed by atoms with Gasteiger partial charge in [-0.2, -0.15) is 5.10 Å². The molecule has 2 aromatic carbocycles. The van der Waals surface area contributed by atoms with Gasteiger partial charge in [-0.3, -0.25) is 9.59 Å². The summed E-state index contributed by atoms with van der Waals surface area (Å²) >= 11 is 6.22. The fourth-order valence-electron chi connectivity index (χ4n) is 3.47. The quantitative estimate of drug-likeness (QED) is 0.643. The Hall–Kier alpha value is -3.19. The minimum atomic E-state index is -0.343. The van der Waals surface area contributed by atoms with Gasteiger partial charge in [0, 0.05) is 43.5 Å². The Kier molecular flexibility index (Phi) is 5.81. The molecule has 3 aromatic rings. The lowest BCUT2D eigenvalue weighted by molar-refractivity contribution is -0.132. The first-order valence-electron chi connectivity index (χ1n) is 9.62. The summed E-state index contributed by atoms with van der Waals surface area (Å²) in [5.41, 5.74) is 1.82. The molecule has 0 bridgehead atoms. The van der Waals surface area contributed by atoms with E-state index in [2.05, 4.69) is 10.00 Å². The summed E-state index contributed by atoms with van der Waals surface area (Å²) in [5, 5.41) is 4.86. The topological polar surface area (TPSA) is 58.4 Å². The molecule has 1 aliphatic heterocycles. The van der Waals surface area contributed by atoms with Gasteiger partial charge >= 0.3 is 0 Å². The number of piperazine rings is 1. The molecule has 1 amide bonds. The molecule has 0 radical (unpaired) electrons. The molecule has 6 nitrogen and oxygen atoms in total. The molecule has 1 aliphatic rings. The molecule has 1 fully saturated rings. The Bertz CT molecular complexity index is 1110. The van der Waals surface area contributed by atoms with E-state index < -0.39 is 0 Å². The number of hydrogen-bond donors (Lipinski definition) is 0. The maximum Gasteiger partial charge on any atom is 0.267 e. The van der Waals surface area contributed by atoms with Crippen molar-refractivity contribution < 1.29 is 9.18 Å². The molecule has 8 heteroatoms. The van der Waals surface area contributed by atoms with Crippen molar-refractivity contribution in [1.82, 2.24) is 14.7 Å². The van der Waals surface area contributed by atoms with Crippen LogP contribution in [-0.4, -0.2) is 46.8 Å². The number of rotatable bonds is 4. The van der Waals surface area contributed by atoms with E-state index in [-0.39, 0.29) is 23.8 Å². The van der Waals surface area contributed by atoms with Crippen LogP contribution in [0.5, 0.6) is 0 Å². The molecule has 2 heterocycles. The molecule has 154 valence electrons. The fourth-order valence-corrected chi connectivity index (χ4v) is 3.70. The minimum absolute atomic E-state index is 0.131. The number of anilines is 1. The van der Waals surface area contributed by atoms with Crippen molar-refractivity contribution in [2.45, 2.75) is 6.54 Å². The maximum absolute atomic E-state index is 13.1. The van der Waals surface area contributed by atoms with Gasteiger partial charge in [-0.25, -0.2) is 9.07 Å². The number of hydrogen-bond acceptors (Lipinski definition) is 4. The number of halogens is 2. The van der Waals surface area contributed by atoms with Crippen LogP contribution in [0.4, 0.5) is 10.1 Å². The van der Waals surface area contributed by atoms with E-state index in [0.29, 0.717) is 42.5 Å². The van der Waals surface area contributed by atoms with Crippen LogP contribution in [0.1, 0.15) is 0 Å². The van der Waals surface area contributed by atoms with Gasteiger partial charge in [-0.05, 0) is 36.4 Å². The number of benzene rings is 2. The zero-order chi connectivity index (χ0) is 21.1. The molecule has 4 rings (SSSR count). The number of carbonyl (C=O) groups excluding carboxylic acids is 1. The molecule has 30 heavy (non-hydrogen) atoms. The van der Waals surface area contributed by atoms with Gasteiger partial charge in [0.1, 0.15) is 12.4 Å². The molecule has 1 saturated heterocycles. The average Bonchev–Trinajstić information content (AvgIpc) is 2.76. The smallest absolute Gasteiger partial charge is 0.267 e. The molecule has 0 N–H and O–H groups in total. The Morgan fingerprint density at radius 1 is 0.967 bits per heavy atom. The van der Waals surface area contributed by atoms with Crippen molar-refractivity contribution in [3.05, 3.63) is 81.9 Å².